The number of thioether (sulfide) groups is 1. The SMILES string of the molecule is CS(=O)(=O)CCCC(O)C1CSc2ccccc2O1. The number of fused-ring (bicyclic) bond motifs is 1. The fourth-order valence-electron chi connectivity index (χ4n) is 1.97. The Labute approximate surface area is 118 Å². The second kappa shape index (κ2) is 6.15. The van der Waals surface area contributed by atoms with Crippen LogP contribution in [0, 0.1) is 0 Å². The summed E-state index contributed by atoms with van der Waals surface area (Å²) < 4.78 is 27.8. The van der Waals surface area contributed by atoms with Gasteiger partial charge in [0.25, 0.3) is 0 Å². The first-order chi connectivity index (χ1) is 8.96. The number of para-hydroxylation sites is 1. The van der Waals surface area contributed by atoms with Gasteiger partial charge in [-0.1, -0.05) is 12.1 Å². The second-order valence-corrected chi connectivity index (χ2v) is 8.08. The monoisotopic (exact) mass is 302 g/mol. The quantitative estimate of drug-likeness (QED) is 0.897. The Morgan fingerprint density at radius 2 is 2.21 bits per heavy atom. The Kier molecular flexibility index (Phi) is 4.76. The molecule has 2 atom stereocenters. The largest absolute Gasteiger partial charge is 0.486 e. The van der Waals surface area contributed by atoms with Gasteiger partial charge in [-0.15, -0.1) is 11.8 Å². The van der Waals surface area contributed by atoms with Crippen molar-refractivity contribution in [2.24, 2.45) is 0 Å². The van der Waals surface area contributed by atoms with E-state index in [0.29, 0.717) is 18.6 Å². The number of aliphatic hydroxyl groups is 1. The van der Waals surface area contributed by atoms with E-state index in [0.717, 1.165) is 10.6 Å². The first kappa shape index (κ1) is 14.7. The maximum absolute atomic E-state index is 11.0. The van der Waals surface area contributed by atoms with E-state index < -0.39 is 15.9 Å². The highest BCUT2D eigenvalue weighted by Gasteiger charge is 2.26. The third-order valence-electron chi connectivity index (χ3n) is 2.97. The summed E-state index contributed by atoms with van der Waals surface area (Å²) in [5.41, 5.74) is 0. The van der Waals surface area contributed by atoms with Crippen LogP contribution in [-0.2, 0) is 9.84 Å². The predicted octanol–water partition coefficient (Wildman–Crippen LogP) is 1.73. The van der Waals surface area contributed by atoms with Crippen molar-refractivity contribution in [3.63, 3.8) is 0 Å². The van der Waals surface area contributed by atoms with Crippen LogP contribution in [0.2, 0.25) is 0 Å². The number of aliphatic hydroxyl groups excluding tert-OH is 1. The van der Waals surface area contributed by atoms with E-state index in [-0.39, 0.29) is 11.9 Å². The number of rotatable bonds is 5. The third kappa shape index (κ3) is 4.40. The molecule has 2 unspecified atom stereocenters. The van der Waals surface area contributed by atoms with Crippen molar-refractivity contribution >= 4 is 21.6 Å². The number of benzene rings is 1. The van der Waals surface area contributed by atoms with Crippen molar-refractivity contribution in [2.75, 3.05) is 17.8 Å². The van der Waals surface area contributed by atoms with E-state index in [1.54, 1.807) is 11.8 Å². The molecule has 1 heterocycles. The fraction of sp³-hybridized carbons (Fsp3) is 0.538. The molecule has 2 rings (SSSR count). The first-order valence-corrected chi connectivity index (χ1v) is 9.24. The van der Waals surface area contributed by atoms with Crippen molar-refractivity contribution in [3.8, 4) is 5.75 Å². The van der Waals surface area contributed by atoms with E-state index in [9.17, 15) is 13.5 Å². The van der Waals surface area contributed by atoms with Crippen molar-refractivity contribution in [3.05, 3.63) is 24.3 Å². The average Bonchev–Trinajstić information content (AvgIpc) is 2.36. The molecule has 1 aromatic carbocycles. The van der Waals surface area contributed by atoms with Gasteiger partial charge in [-0.25, -0.2) is 8.42 Å². The van der Waals surface area contributed by atoms with Gasteiger partial charge in [0.15, 0.2) is 0 Å². The zero-order valence-electron chi connectivity index (χ0n) is 10.8. The molecular weight excluding hydrogens is 284 g/mol. The molecule has 0 saturated carbocycles. The van der Waals surface area contributed by atoms with Crippen LogP contribution >= 0.6 is 11.8 Å². The molecule has 0 bridgehead atoms. The Bertz CT molecular complexity index is 527. The molecule has 0 aromatic heterocycles. The van der Waals surface area contributed by atoms with Gasteiger partial charge < -0.3 is 9.84 Å². The topological polar surface area (TPSA) is 63.6 Å². The Balaban J connectivity index is 1.87. The Hall–Kier alpha value is -0.720. The maximum Gasteiger partial charge on any atom is 0.147 e. The smallest absolute Gasteiger partial charge is 0.147 e. The van der Waals surface area contributed by atoms with Crippen molar-refractivity contribution in [2.45, 2.75) is 29.9 Å². The molecule has 0 amide bonds. The van der Waals surface area contributed by atoms with Gasteiger partial charge in [0.2, 0.25) is 0 Å². The normalized spacial score (nSPS) is 20.4. The molecule has 106 valence electrons. The minimum absolute atomic E-state index is 0.112. The summed E-state index contributed by atoms with van der Waals surface area (Å²) >= 11 is 1.66. The summed E-state index contributed by atoms with van der Waals surface area (Å²) in [5.74, 6) is 1.60. The van der Waals surface area contributed by atoms with Crippen molar-refractivity contribution < 1.29 is 18.3 Å². The van der Waals surface area contributed by atoms with E-state index in [1.165, 1.54) is 6.26 Å². The highest BCUT2D eigenvalue weighted by molar-refractivity contribution is 7.99. The lowest BCUT2D eigenvalue weighted by Gasteiger charge is -2.29. The van der Waals surface area contributed by atoms with Gasteiger partial charge in [-0.2, -0.15) is 0 Å². The molecule has 19 heavy (non-hydrogen) atoms. The van der Waals surface area contributed by atoms with Gasteiger partial charge in [-0.05, 0) is 25.0 Å². The summed E-state index contributed by atoms with van der Waals surface area (Å²) in [6.07, 6.45) is 1.23. The fourth-order valence-corrected chi connectivity index (χ4v) is 3.72. The number of hydrogen-bond donors (Lipinski definition) is 1. The molecule has 0 fully saturated rings. The van der Waals surface area contributed by atoms with E-state index in [4.69, 9.17) is 4.74 Å². The summed E-state index contributed by atoms with van der Waals surface area (Å²) in [6, 6.07) is 7.74. The lowest BCUT2D eigenvalue weighted by Crippen LogP contribution is -2.36. The second-order valence-electron chi connectivity index (χ2n) is 4.75. The highest BCUT2D eigenvalue weighted by atomic mass is 32.2. The third-order valence-corrected chi connectivity index (χ3v) is 5.15. The van der Waals surface area contributed by atoms with Crippen LogP contribution in [0.5, 0.6) is 5.75 Å². The predicted molar refractivity (Wildman–Crippen MR) is 76.5 cm³/mol. The van der Waals surface area contributed by atoms with Crippen LogP contribution in [0.1, 0.15) is 12.8 Å². The standard InChI is InChI=1S/C13H18O4S2/c1-19(15,16)8-4-5-10(14)12-9-18-13-7-3-2-6-11(13)17-12/h2-3,6-7,10,12,14H,4-5,8-9H2,1H3. The Morgan fingerprint density at radius 1 is 1.47 bits per heavy atom. The first-order valence-electron chi connectivity index (χ1n) is 6.20. The van der Waals surface area contributed by atoms with Crippen LogP contribution in [0.3, 0.4) is 0 Å². The van der Waals surface area contributed by atoms with E-state index >= 15 is 0 Å². The molecule has 1 N–H and O–H groups in total. The lowest BCUT2D eigenvalue weighted by atomic mass is 10.1. The van der Waals surface area contributed by atoms with Gasteiger partial charge in [0.05, 0.1) is 6.10 Å². The molecule has 1 aliphatic rings. The molecule has 6 heteroatoms. The van der Waals surface area contributed by atoms with Crippen molar-refractivity contribution in [1.29, 1.82) is 0 Å². The van der Waals surface area contributed by atoms with Crippen molar-refractivity contribution in [1.82, 2.24) is 0 Å². The lowest BCUT2D eigenvalue weighted by molar-refractivity contribution is 0.0405. The minimum atomic E-state index is -2.96. The van der Waals surface area contributed by atoms with Gasteiger partial charge >= 0.3 is 0 Å². The average molecular weight is 302 g/mol. The molecule has 1 aromatic rings. The summed E-state index contributed by atoms with van der Waals surface area (Å²) in [7, 11) is -2.96. The van der Waals surface area contributed by atoms with Gasteiger partial charge in [-0.3, -0.25) is 0 Å². The van der Waals surface area contributed by atoms with E-state index in [1.807, 2.05) is 24.3 Å². The van der Waals surface area contributed by atoms with Crippen LogP contribution in [-0.4, -0.2) is 43.5 Å². The zero-order valence-corrected chi connectivity index (χ0v) is 12.4. The maximum atomic E-state index is 11.0. The molecular formula is C13H18O4S2. The van der Waals surface area contributed by atoms with Crippen LogP contribution in [0.15, 0.2) is 29.2 Å². The van der Waals surface area contributed by atoms with Gasteiger partial charge in [0.1, 0.15) is 21.7 Å². The molecule has 0 spiro atoms. The summed E-state index contributed by atoms with van der Waals surface area (Å²) in [4.78, 5) is 1.09. The minimum Gasteiger partial charge on any atom is -0.486 e. The van der Waals surface area contributed by atoms with Crippen LogP contribution in [0.25, 0.3) is 0 Å². The van der Waals surface area contributed by atoms with E-state index in [2.05, 4.69) is 0 Å². The molecule has 1 aliphatic heterocycles. The van der Waals surface area contributed by atoms with Gasteiger partial charge in [0, 0.05) is 22.7 Å². The summed E-state index contributed by atoms with van der Waals surface area (Å²) in [5, 5.41) is 10.1. The number of hydrogen-bond acceptors (Lipinski definition) is 5. The highest BCUT2D eigenvalue weighted by Crippen LogP contribution is 2.36. The van der Waals surface area contributed by atoms with Crippen LogP contribution in [0.4, 0.5) is 0 Å². The molecule has 0 radical (unpaired) electrons. The zero-order chi connectivity index (χ0) is 13.9. The van der Waals surface area contributed by atoms with Crippen LogP contribution < -0.4 is 4.74 Å². The Morgan fingerprint density at radius 3 is 2.95 bits per heavy atom. The molecule has 4 nitrogen and oxygen atoms in total. The summed E-state index contributed by atoms with van der Waals surface area (Å²) in [6.45, 7) is 0. The number of ether oxygens (including phenoxy) is 1. The molecule has 0 saturated heterocycles. The number of sulfone groups is 1. The molecule has 0 aliphatic carbocycles.